The molecule has 2 aromatic heterocycles. The molecule has 0 spiro atoms. The molecule has 1 aromatic carbocycles. The van der Waals surface area contributed by atoms with Gasteiger partial charge in [0.2, 0.25) is 0 Å². The van der Waals surface area contributed by atoms with Crippen LogP contribution in [0.5, 0.6) is 5.75 Å². The van der Waals surface area contributed by atoms with Crippen LogP contribution in [0, 0.1) is 14.4 Å². The number of benzene rings is 1. The van der Waals surface area contributed by atoms with Crippen molar-refractivity contribution in [3.63, 3.8) is 0 Å². The standard InChI is InChI=1S/C14H12N2O2S.C2H6.CH3.Y/c1-8-5-3-4-6-9(8)10-11(17)12-13(15-7-19-12)16(2)14(10)18;1-2;;/h3-7,17H,1-2H3;1-2H3;1H3;/q;;-1;. The van der Waals surface area contributed by atoms with Gasteiger partial charge in [0.05, 0.1) is 11.1 Å². The summed E-state index contributed by atoms with van der Waals surface area (Å²) >= 11 is 1.33. The number of thiazole rings is 1. The Morgan fingerprint density at radius 1 is 1.22 bits per heavy atom. The average molecular weight is 406 g/mol. The van der Waals surface area contributed by atoms with Crippen molar-refractivity contribution in [1.29, 1.82) is 0 Å². The molecule has 0 fully saturated rings. The number of fused-ring (bicyclic) bond motifs is 1. The van der Waals surface area contributed by atoms with Crippen LogP contribution in [0.4, 0.5) is 0 Å². The van der Waals surface area contributed by atoms with Gasteiger partial charge in [-0.05, 0) is 18.1 Å². The molecule has 3 aromatic rings. The van der Waals surface area contributed by atoms with E-state index in [4.69, 9.17) is 0 Å². The minimum absolute atomic E-state index is 0. The maximum atomic E-state index is 12.4. The molecule has 0 amide bonds. The summed E-state index contributed by atoms with van der Waals surface area (Å²) in [4.78, 5) is 16.5. The van der Waals surface area contributed by atoms with Crippen LogP contribution in [0.2, 0.25) is 0 Å². The molecule has 23 heavy (non-hydrogen) atoms. The molecule has 6 heteroatoms. The first-order valence-corrected chi connectivity index (χ1v) is 7.70. The van der Waals surface area contributed by atoms with Crippen LogP contribution in [0.25, 0.3) is 21.5 Å². The predicted molar refractivity (Wildman–Crippen MR) is 94.5 cm³/mol. The van der Waals surface area contributed by atoms with Gasteiger partial charge < -0.3 is 12.5 Å². The number of pyridine rings is 1. The van der Waals surface area contributed by atoms with Crippen LogP contribution < -0.4 is 5.56 Å². The van der Waals surface area contributed by atoms with E-state index >= 15 is 0 Å². The molecular formula is C17H21N2O2SY-. The molecule has 121 valence electrons. The van der Waals surface area contributed by atoms with E-state index in [9.17, 15) is 9.90 Å². The van der Waals surface area contributed by atoms with Gasteiger partial charge >= 0.3 is 0 Å². The Balaban J connectivity index is 0.00000117. The van der Waals surface area contributed by atoms with E-state index in [1.54, 1.807) is 12.6 Å². The molecule has 0 aliphatic rings. The third kappa shape index (κ3) is 3.90. The third-order valence-corrected chi connectivity index (χ3v) is 4.07. The smallest absolute Gasteiger partial charge is 0.263 e. The minimum atomic E-state index is -0.231. The van der Waals surface area contributed by atoms with Crippen molar-refractivity contribution in [2.24, 2.45) is 7.05 Å². The van der Waals surface area contributed by atoms with Gasteiger partial charge in [0, 0.05) is 39.8 Å². The first-order chi connectivity index (χ1) is 10.1. The molecule has 0 aliphatic carbocycles. The summed E-state index contributed by atoms with van der Waals surface area (Å²) in [6.45, 7) is 5.92. The first kappa shape index (κ1) is 22.0. The third-order valence-electron chi connectivity index (χ3n) is 3.25. The van der Waals surface area contributed by atoms with Crippen LogP contribution in [-0.4, -0.2) is 14.7 Å². The summed E-state index contributed by atoms with van der Waals surface area (Å²) in [6.07, 6.45) is 0. The molecule has 0 saturated carbocycles. The van der Waals surface area contributed by atoms with Crippen LogP contribution in [0.1, 0.15) is 19.4 Å². The molecule has 0 unspecified atom stereocenters. The normalized spacial score (nSPS) is 9.39. The average Bonchev–Trinajstić information content (AvgIpc) is 2.99. The Morgan fingerprint density at radius 2 is 1.83 bits per heavy atom. The van der Waals surface area contributed by atoms with E-state index in [-0.39, 0.29) is 51.4 Å². The Hall–Kier alpha value is -1.04. The van der Waals surface area contributed by atoms with Crippen molar-refractivity contribution in [2.45, 2.75) is 20.8 Å². The zero-order chi connectivity index (χ0) is 15.6. The maximum absolute atomic E-state index is 12.4. The summed E-state index contributed by atoms with van der Waals surface area (Å²) < 4.78 is 2.12. The fourth-order valence-corrected chi connectivity index (χ4v) is 2.98. The predicted octanol–water partition coefficient (Wildman–Crippen LogP) is 4.15. The molecular weight excluding hydrogens is 385 g/mol. The van der Waals surface area contributed by atoms with Crippen LogP contribution in [0.3, 0.4) is 0 Å². The quantitative estimate of drug-likeness (QED) is 0.618. The minimum Gasteiger partial charge on any atom is -0.505 e. The van der Waals surface area contributed by atoms with E-state index in [1.165, 1.54) is 15.9 Å². The number of aryl methyl sites for hydroxylation is 2. The van der Waals surface area contributed by atoms with Crippen molar-refractivity contribution in [1.82, 2.24) is 9.55 Å². The second kappa shape index (κ2) is 9.31. The van der Waals surface area contributed by atoms with Crippen LogP contribution >= 0.6 is 11.3 Å². The van der Waals surface area contributed by atoms with Crippen molar-refractivity contribution in [3.05, 3.63) is 53.1 Å². The monoisotopic (exact) mass is 406 g/mol. The Labute approximate surface area is 166 Å². The van der Waals surface area contributed by atoms with E-state index < -0.39 is 0 Å². The van der Waals surface area contributed by atoms with Gasteiger partial charge in [-0.3, -0.25) is 9.36 Å². The van der Waals surface area contributed by atoms with E-state index in [0.717, 1.165) is 11.1 Å². The second-order valence-corrected chi connectivity index (χ2v) is 5.26. The van der Waals surface area contributed by atoms with Gasteiger partial charge in [-0.15, -0.1) is 11.3 Å². The fraction of sp³-hybridized carbons (Fsp3) is 0.235. The van der Waals surface area contributed by atoms with Gasteiger partial charge in [0.1, 0.15) is 10.4 Å². The van der Waals surface area contributed by atoms with E-state index in [0.29, 0.717) is 15.9 Å². The summed E-state index contributed by atoms with van der Waals surface area (Å²) in [6, 6.07) is 7.54. The number of rotatable bonds is 1. The van der Waals surface area contributed by atoms with E-state index in [1.807, 2.05) is 45.0 Å². The number of aromatic nitrogens is 2. The maximum Gasteiger partial charge on any atom is 0.263 e. The van der Waals surface area contributed by atoms with Crippen molar-refractivity contribution < 1.29 is 37.8 Å². The molecule has 1 radical (unpaired) electrons. The largest absolute Gasteiger partial charge is 0.505 e. The van der Waals surface area contributed by atoms with Gasteiger partial charge in [0.15, 0.2) is 5.65 Å². The molecule has 2 heterocycles. The van der Waals surface area contributed by atoms with Crippen LogP contribution in [0.15, 0.2) is 34.6 Å². The number of nitrogens with zero attached hydrogens (tertiary/aromatic N) is 2. The number of hydrogen-bond acceptors (Lipinski definition) is 4. The summed E-state index contributed by atoms with van der Waals surface area (Å²) in [5, 5.41) is 10.4. The van der Waals surface area contributed by atoms with E-state index in [2.05, 4.69) is 4.98 Å². The molecule has 0 saturated heterocycles. The fourth-order valence-electron chi connectivity index (χ4n) is 2.22. The summed E-state index contributed by atoms with van der Waals surface area (Å²) in [5.74, 6) is 0.0231. The van der Waals surface area contributed by atoms with Gasteiger partial charge in [-0.2, -0.15) is 0 Å². The molecule has 0 bridgehead atoms. The number of hydrogen-bond donors (Lipinski definition) is 1. The second-order valence-electron chi connectivity index (χ2n) is 4.41. The molecule has 0 aliphatic heterocycles. The van der Waals surface area contributed by atoms with Gasteiger partial charge in [-0.1, -0.05) is 38.1 Å². The zero-order valence-corrected chi connectivity index (χ0v) is 17.8. The van der Waals surface area contributed by atoms with Gasteiger partial charge in [0.25, 0.3) is 5.56 Å². The molecule has 4 nitrogen and oxygen atoms in total. The Kier molecular flexibility index (Phi) is 8.89. The van der Waals surface area contributed by atoms with Crippen molar-refractivity contribution in [2.75, 3.05) is 0 Å². The zero-order valence-electron chi connectivity index (χ0n) is 14.1. The van der Waals surface area contributed by atoms with Gasteiger partial charge in [-0.25, -0.2) is 4.98 Å². The Morgan fingerprint density at radius 3 is 2.43 bits per heavy atom. The van der Waals surface area contributed by atoms with Crippen molar-refractivity contribution >= 4 is 21.7 Å². The van der Waals surface area contributed by atoms with Crippen molar-refractivity contribution in [3.8, 4) is 16.9 Å². The first-order valence-electron chi connectivity index (χ1n) is 6.82. The van der Waals surface area contributed by atoms with Crippen LogP contribution in [-0.2, 0) is 39.8 Å². The SMILES string of the molecule is CC.Cc1ccccc1-c1c(O)c2scnc2n(C)c1=O.[CH3-].[Y]. The Bertz CT molecular complexity index is 840. The summed E-state index contributed by atoms with van der Waals surface area (Å²) in [7, 11) is 1.67. The molecule has 1 N–H and O–H groups in total. The molecule has 3 rings (SSSR count). The molecule has 0 atom stereocenters. The summed E-state index contributed by atoms with van der Waals surface area (Å²) in [5.41, 5.74) is 3.98. The topological polar surface area (TPSA) is 55.1 Å². The number of aromatic hydroxyl groups is 1.